The molecular formula is C11H17BrO2. The first-order chi connectivity index (χ1) is 6.74. The summed E-state index contributed by atoms with van der Waals surface area (Å²) in [6.07, 6.45) is 8.71. The smallest absolute Gasteiger partial charge is 0.167 e. The summed E-state index contributed by atoms with van der Waals surface area (Å²) < 4.78 is 5.11. The predicted molar refractivity (Wildman–Crippen MR) is 61.4 cm³/mol. The molecule has 80 valence electrons. The monoisotopic (exact) mass is 260 g/mol. The van der Waals surface area contributed by atoms with Crippen LogP contribution in [-0.4, -0.2) is 22.8 Å². The molecule has 0 aromatic rings. The summed E-state index contributed by atoms with van der Waals surface area (Å²) in [5.74, 6) is 0. The fourth-order valence-corrected chi connectivity index (χ4v) is 2.02. The van der Waals surface area contributed by atoms with Crippen LogP contribution in [0.3, 0.4) is 0 Å². The lowest BCUT2D eigenvalue weighted by molar-refractivity contribution is -0.0926. The van der Waals surface area contributed by atoms with Crippen LogP contribution in [0.1, 0.15) is 26.2 Å². The first kappa shape index (κ1) is 12.0. The number of aliphatic hydroxyl groups is 1. The molecule has 0 spiro atoms. The maximum atomic E-state index is 9.53. The van der Waals surface area contributed by atoms with Crippen LogP contribution in [0.2, 0.25) is 0 Å². The summed E-state index contributed by atoms with van der Waals surface area (Å²) in [6.45, 7) is 2.42. The molecule has 0 saturated heterocycles. The summed E-state index contributed by atoms with van der Waals surface area (Å²) in [6, 6.07) is 0. The Morgan fingerprint density at radius 2 is 2.43 bits per heavy atom. The fraction of sp³-hybridized carbons (Fsp3) is 0.636. The number of allylic oxidation sites excluding steroid dienone is 4. The third kappa shape index (κ3) is 3.95. The van der Waals surface area contributed by atoms with Crippen LogP contribution in [0.5, 0.6) is 0 Å². The Bertz CT molecular complexity index is 223. The molecule has 0 aromatic heterocycles. The summed E-state index contributed by atoms with van der Waals surface area (Å²) in [7, 11) is 0. The van der Waals surface area contributed by atoms with Crippen LogP contribution < -0.4 is 0 Å². The van der Waals surface area contributed by atoms with Crippen LogP contribution in [0.25, 0.3) is 0 Å². The maximum Gasteiger partial charge on any atom is 0.167 e. The second kappa shape index (κ2) is 6.38. The van der Waals surface area contributed by atoms with E-state index >= 15 is 0 Å². The van der Waals surface area contributed by atoms with Crippen molar-refractivity contribution in [3.63, 3.8) is 0 Å². The van der Waals surface area contributed by atoms with Crippen LogP contribution in [0.15, 0.2) is 23.8 Å². The Hall–Kier alpha value is -0.120. The highest BCUT2D eigenvalue weighted by Crippen LogP contribution is 2.22. The van der Waals surface area contributed by atoms with Crippen LogP contribution in [0, 0.1) is 0 Å². The number of hydrogen-bond donors (Lipinski definition) is 1. The van der Waals surface area contributed by atoms with Gasteiger partial charge in [0.1, 0.15) is 0 Å². The van der Waals surface area contributed by atoms with E-state index in [1.807, 2.05) is 6.92 Å². The summed E-state index contributed by atoms with van der Waals surface area (Å²) in [5.41, 5.74) is 1.37. The molecule has 0 amide bonds. The first-order valence-electron chi connectivity index (χ1n) is 5.02. The molecule has 0 heterocycles. The van der Waals surface area contributed by atoms with E-state index in [0.717, 1.165) is 19.3 Å². The molecule has 0 fully saturated rings. The molecule has 14 heavy (non-hydrogen) atoms. The quantitative estimate of drug-likeness (QED) is 0.609. The van der Waals surface area contributed by atoms with E-state index in [2.05, 4.69) is 34.2 Å². The first-order valence-corrected chi connectivity index (χ1v) is 5.94. The maximum absolute atomic E-state index is 9.53. The molecule has 0 aliphatic heterocycles. The van der Waals surface area contributed by atoms with E-state index in [0.29, 0.717) is 6.61 Å². The predicted octanol–water partition coefficient (Wildman–Crippen LogP) is 2.77. The minimum Gasteiger partial charge on any atom is -0.367 e. The van der Waals surface area contributed by atoms with Crippen molar-refractivity contribution in [1.82, 2.24) is 0 Å². The van der Waals surface area contributed by atoms with E-state index in [4.69, 9.17) is 4.74 Å². The minimum absolute atomic E-state index is 0.000185. The summed E-state index contributed by atoms with van der Waals surface area (Å²) in [5, 5.41) is 9.53. The molecule has 1 aliphatic rings. The molecule has 3 heteroatoms. The third-order valence-electron chi connectivity index (χ3n) is 2.20. The lowest BCUT2D eigenvalue weighted by Gasteiger charge is -2.19. The van der Waals surface area contributed by atoms with Gasteiger partial charge in [-0.1, -0.05) is 39.7 Å². The van der Waals surface area contributed by atoms with Crippen molar-refractivity contribution in [3.8, 4) is 0 Å². The van der Waals surface area contributed by atoms with Gasteiger partial charge in [0.15, 0.2) is 6.29 Å². The Labute approximate surface area is 93.8 Å². The van der Waals surface area contributed by atoms with Crippen LogP contribution in [-0.2, 0) is 4.74 Å². The Morgan fingerprint density at radius 3 is 3.00 bits per heavy atom. The number of ether oxygens (including phenoxy) is 1. The third-order valence-corrected chi connectivity index (χ3v) is 2.98. The van der Waals surface area contributed by atoms with Crippen molar-refractivity contribution in [2.24, 2.45) is 0 Å². The largest absolute Gasteiger partial charge is 0.367 e. The van der Waals surface area contributed by atoms with Gasteiger partial charge in [0, 0.05) is 6.61 Å². The van der Waals surface area contributed by atoms with Gasteiger partial charge in [-0.25, -0.2) is 0 Å². The zero-order valence-corrected chi connectivity index (χ0v) is 10.0. The normalized spacial score (nSPS) is 20.4. The van der Waals surface area contributed by atoms with E-state index in [1.165, 1.54) is 5.57 Å². The highest BCUT2D eigenvalue weighted by Gasteiger charge is 2.17. The van der Waals surface area contributed by atoms with E-state index in [-0.39, 0.29) is 4.83 Å². The van der Waals surface area contributed by atoms with Crippen molar-refractivity contribution < 1.29 is 9.84 Å². The molecule has 2 unspecified atom stereocenters. The fourth-order valence-electron chi connectivity index (χ4n) is 1.45. The van der Waals surface area contributed by atoms with Crippen molar-refractivity contribution in [3.05, 3.63) is 23.8 Å². The van der Waals surface area contributed by atoms with E-state index in [9.17, 15) is 5.11 Å². The van der Waals surface area contributed by atoms with Gasteiger partial charge in [0.05, 0.1) is 4.83 Å². The average molecular weight is 261 g/mol. The van der Waals surface area contributed by atoms with Crippen LogP contribution in [0.4, 0.5) is 0 Å². The lowest BCUT2D eigenvalue weighted by atomic mass is 10.0. The lowest BCUT2D eigenvalue weighted by Crippen LogP contribution is -2.24. The Kier molecular flexibility index (Phi) is 5.45. The molecular weight excluding hydrogens is 244 g/mol. The SMILES string of the molecule is CCOC(O)C(Br)CC1=CC=CCC1. The summed E-state index contributed by atoms with van der Waals surface area (Å²) >= 11 is 3.44. The molecule has 1 aliphatic carbocycles. The van der Waals surface area contributed by atoms with Gasteiger partial charge in [0.2, 0.25) is 0 Å². The van der Waals surface area contributed by atoms with Gasteiger partial charge in [-0.3, -0.25) is 0 Å². The molecule has 2 atom stereocenters. The number of alkyl halides is 1. The molecule has 1 N–H and O–H groups in total. The standard InChI is InChI=1S/C11H17BrO2/c1-2-14-11(13)10(12)8-9-6-4-3-5-7-9/h3-4,6,10-11,13H,2,5,7-8H2,1H3. The van der Waals surface area contributed by atoms with Crippen molar-refractivity contribution >= 4 is 15.9 Å². The Morgan fingerprint density at radius 1 is 1.64 bits per heavy atom. The van der Waals surface area contributed by atoms with Gasteiger partial charge in [-0.05, 0) is 26.2 Å². The van der Waals surface area contributed by atoms with Gasteiger partial charge >= 0.3 is 0 Å². The van der Waals surface area contributed by atoms with Crippen molar-refractivity contribution in [2.45, 2.75) is 37.3 Å². The number of aliphatic hydroxyl groups excluding tert-OH is 1. The number of rotatable bonds is 5. The van der Waals surface area contributed by atoms with Gasteiger partial charge in [0.25, 0.3) is 0 Å². The topological polar surface area (TPSA) is 29.5 Å². The number of hydrogen-bond acceptors (Lipinski definition) is 2. The molecule has 0 saturated carbocycles. The molecule has 0 bridgehead atoms. The van der Waals surface area contributed by atoms with Crippen molar-refractivity contribution in [2.75, 3.05) is 6.61 Å². The Balaban J connectivity index is 2.35. The molecule has 2 nitrogen and oxygen atoms in total. The van der Waals surface area contributed by atoms with Crippen LogP contribution >= 0.6 is 15.9 Å². The molecule has 1 rings (SSSR count). The summed E-state index contributed by atoms with van der Waals surface area (Å²) in [4.78, 5) is 0.000185. The zero-order valence-electron chi connectivity index (χ0n) is 8.45. The van der Waals surface area contributed by atoms with Gasteiger partial charge in [-0.2, -0.15) is 0 Å². The highest BCUT2D eigenvalue weighted by molar-refractivity contribution is 9.09. The van der Waals surface area contributed by atoms with Gasteiger partial charge in [-0.15, -0.1) is 0 Å². The van der Waals surface area contributed by atoms with E-state index < -0.39 is 6.29 Å². The molecule has 0 radical (unpaired) electrons. The molecule has 0 aromatic carbocycles. The second-order valence-corrected chi connectivity index (χ2v) is 4.53. The zero-order chi connectivity index (χ0) is 10.4. The van der Waals surface area contributed by atoms with E-state index in [1.54, 1.807) is 0 Å². The minimum atomic E-state index is -0.702. The highest BCUT2D eigenvalue weighted by atomic mass is 79.9. The average Bonchev–Trinajstić information content (AvgIpc) is 2.19. The number of halogens is 1. The van der Waals surface area contributed by atoms with Gasteiger partial charge < -0.3 is 9.84 Å². The van der Waals surface area contributed by atoms with Crippen molar-refractivity contribution in [1.29, 1.82) is 0 Å². The second-order valence-electron chi connectivity index (χ2n) is 3.36.